The van der Waals surface area contributed by atoms with E-state index in [0.29, 0.717) is 10.5 Å². The quantitative estimate of drug-likeness (QED) is 0.491. The Morgan fingerprint density at radius 1 is 1.64 bits per heavy atom. The molecular weight excluding hydrogens is 313 g/mol. The van der Waals surface area contributed by atoms with Gasteiger partial charge in [-0.25, -0.2) is 4.79 Å². The van der Waals surface area contributed by atoms with Crippen molar-refractivity contribution in [3.05, 3.63) is 26.8 Å². The summed E-state index contributed by atoms with van der Waals surface area (Å²) >= 11 is 6.21. The van der Waals surface area contributed by atoms with E-state index in [1.54, 1.807) is 6.07 Å². The fourth-order valence-electron chi connectivity index (χ4n) is 0.933. The van der Waals surface area contributed by atoms with E-state index in [2.05, 4.69) is 17.4 Å². The first-order valence-corrected chi connectivity index (χ1v) is 5.13. The number of thiol groups is 1. The number of carbonyl (C=O) groups excluding carboxylic acids is 1. The second-order valence-corrected chi connectivity index (χ2v) is 4.10. The van der Waals surface area contributed by atoms with E-state index >= 15 is 0 Å². The van der Waals surface area contributed by atoms with Crippen molar-refractivity contribution >= 4 is 41.2 Å². The minimum atomic E-state index is -0.520. The van der Waals surface area contributed by atoms with E-state index in [4.69, 9.17) is 5.26 Å². The van der Waals surface area contributed by atoms with Crippen LogP contribution in [0.2, 0.25) is 0 Å². The van der Waals surface area contributed by atoms with Crippen LogP contribution in [0.1, 0.15) is 15.9 Å². The number of benzene rings is 1. The SMILES string of the molecule is COC(=O)c1cc(S)c(I)cc1C#N. The number of rotatable bonds is 1. The van der Waals surface area contributed by atoms with Gasteiger partial charge < -0.3 is 4.74 Å². The highest BCUT2D eigenvalue weighted by molar-refractivity contribution is 14.1. The van der Waals surface area contributed by atoms with Crippen LogP contribution in [0, 0.1) is 14.9 Å². The molecule has 1 aromatic rings. The molecule has 0 spiro atoms. The Balaban J connectivity index is 3.36. The van der Waals surface area contributed by atoms with E-state index in [-0.39, 0.29) is 5.56 Å². The van der Waals surface area contributed by atoms with Gasteiger partial charge in [0.2, 0.25) is 0 Å². The number of hydrogen-bond acceptors (Lipinski definition) is 4. The zero-order chi connectivity index (χ0) is 10.7. The Hall–Kier alpha value is -0.740. The van der Waals surface area contributed by atoms with Gasteiger partial charge in [0.25, 0.3) is 0 Å². The lowest BCUT2D eigenvalue weighted by molar-refractivity contribution is 0.0600. The molecule has 14 heavy (non-hydrogen) atoms. The van der Waals surface area contributed by atoms with Crippen LogP contribution in [0.25, 0.3) is 0 Å². The van der Waals surface area contributed by atoms with E-state index in [9.17, 15) is 4.79 Å². The van der Waals surface area contributed by atoms with Gasteiger partial charge in [0.05, 0.1) is 18.2 Å². The summed E-state index contributed by atoms with van der Waals surface area (Å²) in [6.45, 7) is 0. The van der Waals surface area contributed by atoms with E-state index in [1.807, 2.05) is 28.7 Å². The Morgan fingerprint density at radius 2 is 2.29 bits per heavy atom. The van der Waals surface area contributed by atoms with E-state index < -0.39 is 5.97 Å². The molecule has 1 rings (SSSR count). The average Bonchev–Trinajstić information content (AvgIpc) is 2.20. The lowest BCUT2D eigenvalue weighted by Gasteiger charge is -2.04. The first-order chi connectivity index (χ1) is 6.60. The molecule has 0 aliphatic carbocycles. The molecule has 5 heteroatoms. The fourth-order valence-corrected chi connectivity index (χ4v) is 1.59. The summed E-state index contributed by atoms with van der Waals surface area (Å²) in [6, 6.07) is 5.08. The molecule has 0 unspecified atom stereocenters. The summed E-state index contributed by atoms with van der Waals surface area (Å²) in [5, 5.41) is 8.79. The third-order valence-corrected chi connectivity index (χ3v) is 3.30. The molecule has 0 N–H and O–H groups in total. The monoisotopic (exact) mass is 319 g/mol. The van der Waals surface area contributed by atoms with Crippen molar-refractivity contribution < 1.29 is 9.53 Å². The molecule has 72 valence electrons. The molecular formula is C9H6INO2S. The molecule has 0 saturated heterocycles. The van der Waals surface area contributed by atoms with Gasteiger partial charge in [-0.15, -0.1) is 12.6 Å². The van der Waals surface area contributed by atoms with Crippen molar-refractivity contribution in [2.45, 2.75) is 4.90 Å². The molecule has 0 aliphatic rings. The molecule has 0 amide bonds. The smallest absolute Gasteiger partial charge is 0.339 e. The number of halogens is 1. The van der Waals surface area contributed by atoms with Crippen LogP contribution >= 0.6 is 35.2 Å². The third kappa shape index (κ3) is 2.19. The molecule has 0 fully saturated rings. The third-order valence-electron chi connectivity index (χ3n) is 1.61. The highest BCUT2D eigenvalue weighted by atomic mass is 127. The van der Waals surface area contributed by atoms with Crippen LogP contribution in [0.15, 0.2) is 17.0 Å². The van der Waals surface area contributed by atoms with Crippen LogP contribution in [0.5, 0.6) is 0 Å². The van der Waals surface area contributed by atoms with Gasteiger partial charge in [0.15, 0.2) is 0 Å². The van der Waals surface area contributed by atoms with Gasteiger partial charge in [-0.05, 0) is 34.7 Å². The van der Waals surface area contributed by atoms with Crippen LogP contribution in [0.3, 0.4) is 0 Å². The number of ether oxygens (including phenoxy) is 1. The van der Waals surface area contributed by atoms with Crippen molar-refractivity contribution in [1.29, 1.82) is 5.26 Å². The Morgan fingerprint density at radius 3 is 2.79 bits per heavy atom. The van der Waals surface area contributed by atoms with Crippen molar-refractivity contribution in [3.63, 3.8) is 0 Å². The summed E-state index contributed by atoms with van der Waals surface area (Å²) < 4.78 is 5.38. The summed E-state index contributed by atoms with van der Waals surface area (Å²) in [5.74, 6) is -0.520. The van der Waals surface area contributed by atoms with Crippen LogP contribution in [0.4, 0.5) is 0 Å². The molecule has 0 bridgehead atoms. The Bertz CT molecular complexity index is 426. The normalized spacial score (nSPS) is 9.29. The van der Waals surface area contributed by atoms with Crippen molar-refractivity contribution in [3.8, 4) is 6.07 Å². The predicted octanol–water partition coefficient (Wildman–Crippen LogP) is 2.24. The number of nitriles is 1. The topological polar surface area (TPSA) is 50.1 Å². The maximum absolute atomic E-state index is 11.2. The maximum atomic E-state index is 11.2. The molecule has 1 aromatic carbocycles. The minimum Gasteiger partial charge on any atom is -0.465 e. The van der Waals surface area contributed by atoms with Crippen molar-refractivity contribution in [2.75, 3.05) is 7.11 Å². The summed E-state index contributed by atoms with van der Waals surface area (Å²) in [4.78, 5) is 11.9. The number of hydrogen-bond donors (Lipinski definition) is 1. The Labute approximate surface area is 101 Å². The summed E-state index contributed by atoms with van der Waals surface area (Å²) in [5.41, 5.74) is 0.555. The van der Waals surface area contributed by atoms with Crippen LogP contribution in [-0.4, -0.2) is 13.1 Å². The summed E-state index contributed by atoms with van der Waals surface area (Å²) in [7, 11) is 1.28. The Kier molecular flexibility index (Phi) is 3.77. The van der Waals surface area contributed by atoms with Crippen molar-refractivity contribution in [1.82, 2.24) is 0 Å². The number of methoxy groups -OCH3 is 1. The van der Waals surface area contributed by atoms with Gasteiger partial charge >= 0.3 is 5.97 Å². The van der Waals surface area contributed by atoms with Gasteiger partial charge in [0.1, 0.15) is 6.07 Å². The molecule has 3 nitrogen and oxygen atoms in total. The second-order valence-electron chi connectivity index (χ2n) is 2.45. The van der Waals surface area contributed by atoms with Crippen molar-refractivity contribution in [2.24, 2.45) is 0 Å². The highest BCUT2D eigenvalue weighted by Gasteiger charge is 2.13. The molecule has 0 atom stereocenters. The number of nitrogens with zero attached hydrogens (tertiary/aromatic N) is 1. The second kappa shape index (κ2) is 4.66. The van der Waals surface area contributed by atoms with Gasteiger partial charge in [-0.2, -0.15) is 5.26 Å². The average molecular weight is 319 g/mol. The standard InChI is InChI=1S/C9H6INO2S/c1-13-9(12)6-3-8(14)7(10)2-5(6)4-11/h2-3,14H,1H3. The van der Waals surface area contributed by atoms with Crippen LogP contribution in [-0.2, 0) is 4.74 Å². The fraction of sp³-hybridized carbons (Fsp3) is 0.111. The zero-order valence-electron chi connectivity index (χ0n) is 7.24. The van der Waals surface area contributed by atoms with Crippen LogP contribution < -0.4 is 0 Å². The van der Waals surface area contributed by atoms with Gasteiger partial charge in [0, 0.05) is 8.47 Å². The lowest BCUT2D eigenvalue weighted by Crippen LogP contribution is -2.04. The zero-order valence-corrected chi connectivity index (χ0v) is 10.3. The van der Waals surface area contributed by atoms with Gasteiger partial charge in [-0.3, -0.25) is 0 Å². The minimum absolute atomic E-state index is 0.250. The molecule has 0 heterocycles. The lowest BCUT2D eigenvalue weighted by atomic mass is 10.1. The van der Waals surface area contributed by atoms with Gasteiger partial charge in [-0.1, -0.05) is 0 Å². The molecule has 0 saturated carbocycles. The van der Waals surface area contributed by atoms with E-state index in [0.717, 1.165) is 3.57 Å². The highest BCUT2D eigenvalue weighted by Crippen LogP contribution is 2.21. The largest absolute Gasteiger partial charge is 0.465 e. The maximum Gasteiger partial charge on any atom is 0.339 e. The predicted molar refractivity (Wildman–Crippen MR) is 62.5 cm³/mol. The molecule has 0 radical (unpaired) electrons. The summed E-state index contributed by atoms with van der Waals surface area (Å²) in [6.07, 6.45) is 0. The molecule has 0 aliphatic heterocycles. The number of carbonyl (C=O) groups is 1. The first kappa shape index (κ1) is 11.3. The molecule has 0 aromatic heterocycles. The van der Waals surface area contributed by atoms with E-state index in [1.165, 1.54) is 13.2 Å². The number of esters is 1. The first-order valence-electron chi connectivity index (χ1n) is 3.61.